The van der Waals surface area contributed by atoms with Gasteiger partial charge in [0.2, 0.25) is 5.95 Å². The molecule has 0 spiro atoms. The number of rotatable bonds is 6. The minimum absolute atomic E-state index is 0.0825. The first kappa shape index (κ1) is 22.9. The Hall–Kier alpha value is -3.90. The molecule has 182 valence electrons. The Morgan fingerprint density at radius 2 is 1.83 bits per heavy atom. The molecule has 12 nitrogen and oxygen atoms in total. The van der Waals surface area contributed by atoms with Crippen molar-refractivity contribution in [3.8, 4) is 17.4 Å². The van der Waals surface area contributed by atoms with Gasteiger partial charge in [-0.2, -0.15) is 25.1 Å². The number of aromatic nitrogens is 5. The SMILES string of the molecule is C[C@H]1COCCN1c1nc(OC2CCOC2)nc(-c2ccc(NC(=O)Nc3ccnnc3)cc2)n1. The van der Waals surface area contributed by atoms with E-state index in [0.717, 1.165) is 12.0 Å². The fourth-order valence-electron chi connectivity index (χ4n) is 3.80. The highest BCUT2D eigenvalue weighted by Gasteiger charge is 2.25. The van der Waals surface area contributed by atoms with Crippen LogP contribution in [-0.2, 0) is 9.47 Å². The Balaban J connectivity index is 1.35. The van der Waals surface area contributed by atoms with Crippen molar-refractivity contribution in [1.82, 2.24) is 25.1 Å². The second kappa shape index (κ2) is 10.6. The van der Waals surface area contributed by atoms with Gasteiger partial charge in [-0.15, -0.1) is 0 Å². The van der Waals surface area contributed by atoms with Gasteiger partial charge in [0.25, 0.3) is 0 Å². The molecule has 0 radical (unpaired) electrons. The second-order valence-electron chi connectivity index (χ2n) is 8.25. The van der Waals surface area contributed by atoms with E-state index in [2.05, 4.69) is 42.6 Å². The topological polar surface area (TPSA) is 137 Å². The Kier molecular flexibility index (Phi) is 6.91. The molecule has 2 aliphatic heterocycles. The standard InChI is InChI=1S/C23H26N8O4/c1-15-13-34-11-9-31(15)21-28-20(29-23(30-21)35-19-7-10-33-14-19)16-2-4-17(5-3-16)26-22(32)27-18-6-8-24-25-12-18/h2-6,8,12,15,19H,7,9-11,13-14H2,1H3,(H2,24,26,27,32)/t15-,19?/m0/s1. The van der Waals surface area contributed by atoms with Crippen molar-refractivity contribution in [1.29, 1.82) is 0 Å². The van der Waals surface area contributed by atoms with Crippen molar-refractivity contribution in [2.45, 2.75) is 25.5 Å². The third-order valence-corrected chi connectivity index (χ3v) is 5.63. The molecule has 12 heteroatoms. The molecular formula is C23H26N8O4. The number of benzene rings is 1. The number of carbonyl (C=O) groups excluding carboxylic acids is 1. The van der Waals surface area contributed by atoms with Crippen molar-refractivity contribution < 1.29 is 19.0 Å². The molecule has 2 amide bonds. The molecule has 2 N–H and O–H groups in total. The van der Waals surface area contributed by atoms with Gasteiger partial charge in [0.05, 0.1) is 50.6 Å². The molecule has 0 aliphatic carbocycles. The van der Waals surface area contributed by atoms with Crippen molar-refractivity contribution >= 4 is 23.4 Å². The maximum Gasteiger partial charge on any atom is 0.323 e. The largest absolute Gasteiger partial charge is 0.457 e. The Labute approximate surface area is 202 Å². The summed E-state index contributed by atoms with van der Waals surface area (Å²) in [4.78, 5) is 28.2. The molecule has 5 rings (SSSR count). The van der Waals surface area contributed by atoms with Crippen LogP contribution in [0.4, 0.5) is 22.1 Å². The summed E-state index contributed by atoms with van der Waals surface area (Å²) in [5.74, 6) is 1.04. The van der Waals surface area contributed by atoms with Crippen molar-refractivity contribution in [2.75, 3.05) is 48.5 Å². The minimum atomic E-state index is -0.385. The second-order valence-corrected chi connectivity index (χ2v) is 8.25. The molecule has 35 heavy (non-hydrogen) atoms. The van der Waals surface area contributed by atoms with Crippen LogP contribution in [-0.4, -0.2) is 76.3 Å². The van der Waals surface area contributed by atoms with E-state index in [1.165, 1.54) is 12.4 Å². The highest BCUT2D eigenvalue weighted by atomic mass is 16.6. The number of hydrogen-bond acceptors (Lipinski definition) is 10. The molecular weight excluding hydrogens is 452 g/mol. The monoisotopic (exact) mass is 478 g/mol. The van der Waals surface area contributed by atoms with Crippen molar-refractivity contribution in [3.05, 3.63) is 42.7 Å². The molecule has 0 saturated carbocycles. The van der Waals surface area contributed by atoms with Crippen LogP contribution < -0.4 is 20.3 Å². The summed E-state index contributed by atoms with van der Waals surface area (Å²) in [5, 5.41) is 12.9. The summed E-state index contributed by atoms with van der Waals surface area (Å²) in [6.07, 6.45) is 3.68. The van der Waals surface area contributed by atoms with E-state index in [4.69, 9.17) is 19.2 Å². The molecule has 1 aromatic carbocycles. The molecule has 2 aromatic heterocycles. The first-order valence-corrected chi connectivity index (χ1v) is 11.4. The van der Waals surface area contributed by atoms with Gasteiger partial charge in [-0.05, 0) is 37.3 Å². The highest BCUT2D eigenvalue weighted by Crippen LogP contribution is 2.25. The molecule has 2 fully saturated rings. The van der Waals surface area contributed by atoms with E-state index >= 15 is 0 Å². The molecule has 1 unspecified atom stereocenters. The molecule has 3 aromatic rings. The first-order chi connectivity index (χ1) is 17.1. The quantitative estimate of drug-likeness (QED) is 0.543. The fraction of sp³-hybridized carbons (Fsp3) is 0.391. The van der Waals surface area contributed by atoms with Gasteiger partial charge < -0.3 is 29.7 Å². The smallest absolute Gasteiger partial charge is 0.323 e. The lowest BCUT2D eigenvalue weighted by Crippen LogP contribution is -2.44. The van der Waals surface area contributed by atoms with Crippen LogP contribution in [0.5, 0.6) is 6.01 Å². The van der Waals surface area contributed by atoms with Crippen LogP contribution in [0, 0.1) is 0 Å². The fourth-order valence-corrected chi connectivity index (χ4v) is 3.80. The van der Waals surface area contributed by atoms with Crippen LogP contribution in [0.3, 0.4) is 0 Å². The number of nitrogens with zero attached hydrogens (tertiary/aromatic N) is 6. The summed E-state index contributed by atoms with van der Waals surface area (Å²) in [6, 6.07) is 8.92. The Morgan fingerprint density at radius 3 is 2.57 bits per heavy atom. The van der Waals surface area contributed by atoms with Crippen molar-refractivity contribution in [3.63, 3.8) is 0 Å². The van der Waals surface area contributed by atoms with E-state index in [1.54, 1.807) is 18.2 Å². The van der Waals surface area contributed by atoms with Crippen molar-refractivity contribution in [2.24, 2.45) is 0 Å². The van der Waals surface area contributed by atoms with E-state index in [1.807, 2.05) is 12.1 Å². The maximum atomic E-state index is 12.3. The van der Waals surface area contributed by atoms with Gasteiger partial charge in [0.1, 0.15) is 6.10 Å². The summed E-state index contributed by atoms with van der Waals surface area (Å²) >= 11 is 0. The van der Waals surface area contributed by atoms with E-state index in [9.17, 15) is 4.79 Å². The average Bonchev–Trinajstić information content (AvgIpc) is 3.38. The third kappa shape index (κ3) is 5.78. The van der Waals surface area contributed by atoms with Crippen LogP contribution in [0.25, 0.3) is 11.4 Å². The van der Waals surface area contributed by atoms with Gasteiger partial charge in [0, 0.05) is 24.2 Å². The van der Waals surface area contributed by atoms with Crippen LogP contribution in [0.2, 0.25) is 0 Å². The zero-order valence-corrected chi connectivity index (χ0v) is 19.3. The van der Waals surface area contributed by atoms with Crippen LogP contribution in [0.15, 0.2) is 42.7 Å². The zero-order chi connectivity index (χ0) is 24.0. The lowest BCUT2D eigenvalue weighted by Gasteiger charge is -2.33. The predicted molar refractivity (Wildman–Crippen MR) is 127 cm³/mol. The van der Waals surface area contributed by atoms with Gasteiger partial charge in [0.15, 0.2) is 5.82 Å². The minimum Gasteiger partial charge on any atom is -0.457 e. The van der Waals surface area contributed by atoms with Gasteiger partial charge in [-0.25, -0.2) is 4.79 Å². The number of morpholine rings is 1. The van der Waals surface area contributed by atoms with Gasteiger partial charge in [-0.1, -0.05) is 0 Å². The van der Waals surface area contributed by atoms with E-state index < -0.39 is 0 Å². The molecule has 4 heterocycles. The predicted octanol–water partition coefficient (Wildman–Crippen LogP) is 2.37. The summed E-state index contributed by atoms with van der Waals surface area (Å²) in [6.45, 7) is 5.14. The van der Waals surface area contributed by atoms with Crippen LogP contribution in [0.1, 0.15) is 13.3 Å². The summed E-state index contributed by atoms with van der Waals surface area (Å²) < 4.78 is 17.0. The van der Waals surface area contributed by atoms with E-state index in [-0.39, 0.29) is 24.2 Å². The van der Waals surface area contributed by atoms with E-state index in [0.29, 0.717) is 56.1 Å². The lowest BCUT2D eigenvalue weighted by molar-refractivity contribution is 0.0977. The number of anilines is 3. The number of ether oxygens (including phenoxy) is 3. The van der Waals surface area contributed by atoms with Gasteiger partial charge >= 0.3 is 12.0 Å². The average molecular weight is 479 g/mol. The zero-order valence-electron chi connectivity index (χ0n) is 19.3. The number of nitrogens with one attached hydrogen (secondary N) is 2. The van der Waals surface area contributed by atoms with Crippen LogP contribution >= 0.6 is 0 Å². The number of amides is 2. The Bertz CT molecular complexity index is 1140. The number of carbonyl (C=O) groups is 1. The summed E-state index contributed by atoms with van der Waals surface area (Å²) in [5.41, 5.74) is 1.93. The molecule has 2 saturated heterocycles. The molecule has 2 atom stereocenters. The van der Waals surface area contributed by atoms with Gasteiger partial charge in [-0.3, -0.25) is 0 Å². The number of urea groups is 1. The normalized spacial score (nSPS) is 19.9. The number of hydrogen-bond donors (Lipinski definition) is 2. The first-order valence-electron chi connectivity index (χ1n) is 11.4. The molecule has 2 aliphatic rings. The highest BCUT2D eigenvalue weighted by molar-refractivity contribution is 5.99. The lowest BCUT2D eigenvalue weighted by atomic mass is 10.2. The molecule has 0 bridgehead atoms. The third-order valence-electron chi connectivity index (χ3n) is 5.63. The Morgan fingerprint density at radius 1 is 1.00 bits per heavy atom. The summed E-state index contributed by atoms with van der Waals surface area (Å²) in [7, 11) is 0. The maximum absolute atomic E-state index is 12.3.